The zero-order valence-electron chi connectivity index (χ0n) is 14.3. The number of hydrogen-bond acceptors (Lipinski definition) is 4. The average molecular weight is 345 g/mol. The Hall–Kier alpha value is -1.79. The number of carbonyl (C=O) groups excluding carboxylic acids is 1. The van der Waals surface area contributed by atoms with Gasteiger partial charge in [-0.05, 0) is 68.4 Å². The number of thioether (sulfide) groups is 1. The maximum absolute atomic E-state index is 12.4. The number of benzene rings is 1. The number of nitrogens with zero attached hydrogens (tertiary/aromatic N) is 2. The van der Waals surface area contributed by atoms with E-state index in [0.29, 0.717) is 18.7 Å². The molecule has 2 aromatic rings. The van der Waals surface area contributed by atoms with Gasteiger partial charge in [0.15, 0.2) is 5.82 Å². The zero-order valence-corrected chi connectivity index (χ0v) is 15.1. The highest BCUT2D eigenvalue weighted by Gasteiger charge is 2.37. The molecule has 5 nitrogen and oxygen atoms in total. The van der Waals surface area contributed by atoms with Gasteiger partial charge in [-0.1, -0.05) is 6.07 Å². The number of carbonyl (C=O) groups is 1. The molecular formula is C18H23N3O2S. The summed E-state index contributed by atoms with van der Waals surface area (Å²) in [4.78, 5) is 12.4. The molecule has 0 spiro atoms. The molecule has 1 aliphatic heterocycles. The van der Waals surface area contributed by atoms with E-state index >= 15 is 0 Å². The Kier molecular flexibility index (Phi) is 4.69. The van der Waals surface area contributed by atoms with Crippen LogP contribution in [0.2, 0.25) is 0 Å². The lowest BCUT2D eigenvalue weighted by Crippen LogP contribution is -2.45. The Morgan fingerprint density at radius 1 is 1.17 bits per heavy atom. The van der Waals surface area contributed by atoms with E-state index in [9.17, 15) is 9.90 Å². The van der Waals surface area contributed by atoms with Crippen molar-refractivity contribution in [2.45, 2.75) is 39.2 Å². The van der Waals surface area contributed by atoms with Gasteiger partial charge in [0.1, 0.15) is 5.60 Å². The molecule has 0 unspecified atom stereocenters. The van der Waals surface area contributed by atoms with Crippen LogP contribution in [-0.4, -0.2) is 37.9 Å². The molecular weight excluding hydrogens is 322 g/mol. The molecule has 2 heterocycles. The molecule has 1 aromatic heterocycles. The molecule has 3 rings (SSSR count). The van der Waals surface area contributed by atoms with Gasteiger partial charge in [0.05, 0.1) is 5.69 Å². The summed E-state index contributed by atoms with van der Waals surface area (Å²) in [5.41, 5.74) is 2.96. The van der Waals surface area contributed by atoms with E-state index in [-0.39, 0.29) is 5.91 Å². The second kappa shape index (κ2) is 6.61. The third-order valence-electron chi connectivity index (χ3n) is 4.32. The van der Waals surface area contributed by atoms with Crippen molar-refractivity contribution >= 4 is 23.5 Å². The van der Waals surface area contributed by atoms with Crippen molar-refractivity contribution in [3.05, 3.63) is 41.1 Å². The maximum atomic E-state index is 12.4. The first-order valence-electron chi connectivity index (χ1n) is 8.14. The highest BCUT2D eigenvalue weighted by atomic mass is 32.2. The molecule has 1 amide bonds. The summed E-state index contributed by atoms with van der Waals surface area (Å²) in [6.07, 6.45) is 0.973. The molecule has 0 radical (unpaired) electrons. The van der Waals surface area contributed by atoms with Gasteiger partial charge in [-0.3, -0.25) is 4.79 Å². The fourth-order valence-electron chi connectivity index (χ4n) is 3.04. The second-order valence-electron chi connectivity index (χ2n) is 6.53. The van der Waals surface area contributed by atoms with E-state index in [0.717, 1.165) is 22.9 Å². The molecule has 0 aliphatic carbocycles. The van der Waals surface area contributed by atoms with Crippen molar-refractivity contribution in [2.75, 3.05) is 16.8 Å². The van der Waals surface area contributed by atoms with Crippen molar-refractivity contribution in [3.63, 3.8) is 0 Å². The van der Waals surface area contributed by atoms with Crippen molar-refractivity contribution in [2.24, 2.45) is 0 Å². The zero-order chi connectivity index (χ0) is 17.3. The minimum atomic E-state index is -1.27. The van der Waals surface area contributed by atoms with Crippen LogP contribution in [0.15, 0.2) is 24.3 Å². The van der Waals surface area contributed by atoms with Gasteiger partial charge in [-0.15, -0.1) is 5.10 Å². The second-order valence-corrected chi connectivity index (χ2v) is 7.75. The van der Waals surface area contributed by atoms with Gasteiger partial charge >= 0.3 is 0 Å². The topological polar surface area (TPSA) is 67.2 Å². The molecule has 1 aliphatic rings. The third-order valence-corrected chi connectivity index (χ3v) is 5.31. The first-order chi connectivity index (χ1) is 11.4. The number of aryl methyl sites for hydroxylation is 3. The van der Waals surface area contributed by atoms with Crippen LogP contribution in [0.3, 0.4) is 0 Å². The Morgan fingerprint density at radius 3 is 2.42 bits per heavy atom. The molecule has 24 heavy (non-hydrogen) atoms. The lowest BCUT2D eigenvalue weighted by atomic mass is 9.96. The Bertz CT molecular complexity index is 743. The van der Waals surface area contributed by atoms with Crippen LogP contribution < -0.4 is 5.32 Å². The van der Waals surface area contributed by atoms with Crippen molar-refractivity contribution in [1.82, 2.24) is 9.78 Å². The fraction of sp³-hybridized carbons (Fsp3) is 0.444. The van der Waals surface area contributed by atoms with Gasteiger partial charge in [0.25, 0.3) is 5.91 Å². The van der Waals surface area contributed by atoms with E-state index in [4.69, 9.17) is 0 Å². The van der Waals surface area contributed by atoms with Crippen molar-refractivity contribution in [3.8, 4) is 5.69 Å². The number of amides is 1. The third kappa shape index (κ3) is 3.49. The van der Waals surface area contributed by atoms with Gasteiger partial charge in [0.2, 0.25) is 0 Å². The minimum Gasteiger partial charge on any atom is -0.380 e. The Labute approximate surface area is 146 Å². The van der Waals surface area contributed by atoms with E-state index in [2.05, 4.69) is 42.5 Å². The molecule has 0 bridgehead atoms. The van der Waals surface area contributed by atoms with Crippen LogP contribution in [0.4, 0.5) is 5.82 Å². The van der Waals surface area contributed by atoms with Gasteiger partial charge < -0.3 is 10.4 Å². The van der Waals surface area contributed by atoms with Crippen LogP contribution in [0.5, 0.6) is 0 Å². The summed E-state index contributed by atoms with van der Waals surface area (Å²) in [5, 5.41) is 17.8. The largest absolute Gasteiger partial charge is 0.380 e. The van der Waals surface area contributed by atoms with E-state index in [1.165, 1.54) is 11.1 Å². The summed E-state index contributed by atoms with van der Waals surface area (Å²) < 4.78 is 1.82. The molecule has 1 aromatic carbocycles. The average Bonchev–Trinajstić information content (AvgIpc) is 2.87. The molecule has 0 saturated carbocycles. The predicted octanol–water partition coefficient (Wildman–Crippen LogP) is 2.99. The summed E-state index contributed by atoms with van der Waals surface area (Å²) in [5.74, 6) is 1.73. The number of aliphatic hydroxyl groups is 1. The van der Waals surface area contributed by atoms with Crippen LogP contribution in [-0.2, 0) is 4.79 Å². The van der Waals surface area contributed by atoms with E-state index in [1.807, 2.05) is 17.7 Å². The highest BCUT2D eigenvalue weighted by Crippen LogP contribution is 2.28. The molecule has 1 saturated heterocycles. The monoisotopic (exact) mass is 345 g/mol. The highest BCUT2D eigenvalue weighted by molar-refractivity contribution is 7.99. The number of aromatic nitrogens is 2. The van der Waals surface area contributed by atoms with E-state index in [1.54, 1.807) is 11.8 Å². The van der Waals surface area contributed by atoms with Gasteiger partial charge in [0, 0.05) is 11.8 Å². The fourth-order valence-corrected chi connectivity index (χ4v) is 4.21. The van der Waals surface area contributed by atoms with Gasteiger partial charge in [-0.2, -0.15) is 11.8 Å². The number of anilines is 1. The lowest BCUT2D eigenvalue weighted by Gasteiger charge is -2.29. The first-order valence-corrected chi connectivity index (χ1v) is 9.30. The summed E-state index contributed by atoms with van der Waals surface area (Å²) in [6.45, 7) is 6.05. The summed E-state index contributed by atoms with van der Waals surface area (Å²) in [7, 11) is 0. The standard InChI is InChI=1S/C18H23N3O2S/c1-12-8-13(2)10-15(9-12)21-14(3)11-16(20-21)19-17(22)18(23)4-6-24-7-5-18/h8-11,23H,4-7H2,1-3H3,(H,19,20,22). The lowest BCUT2D eigenvalue weighted by molar-refractivity contribution is -0.134. The van der Waals surface area contributed by atoms with Crippen molar-refractivity contribution < 1.29 is 9.90 Å². The molecule has 128 valence electrons. The van der Waals surface area contributed by atoms with Crippen LogP contribution in [0, 0.1) is 20.8 Å². The number of nitrogens with one attached hydrogen (secondary N) is 1. The van der Waals surface area contributed by atoms with E-state index < -0.39 is 5.60 Å². The Balaban J connectivity index is 1.82. The van der Waals surface area contributed by atoms with Crippen LogP contribution >= 0.6 is 11.8 Å². The maximum Gasteiger partial charge on any atom is 0.257 e. The smallest absolute Gasteiger partial charge is 0.257 e. The van der Waals surface area contributed by atoms with Crippen molar-refractivity contribution in [1.29, 1.82) is 0 Å². The molecule has 2 N–H and O–H groups in total. The molecule has 6 heteroatoms. The number of rotatable bonds is 3. The minimum absolute atomic E-state index is 0.354. The van der Waals surface area contributed by atoms with Crippen LogP contribution in [0.1, 0.15) is 29.7 Å². The normalized spacial score (nSPS) is 16.8. The van der Waals surface area contributed by atoms with Crippen LogP contribution in [0.25, 0.3) is 5.69 Å². The number of hydrogen-bond donors (Lipinski definition) is 2. The predicted molar refractivity (Wildman–Crippen MR) is 97.9 cm³/mol. The quantitative estimate of drug-likeness (QED) is 0.897. The summed E-state index contributed by atoms with van der Waals surface area (Å²) in [6, 6.07) is 8.06. The van der Waals surface area contributed by atoms with Gasteiger partial charge in [-0.25, -0.2) is 4.68 Å². The molecule has 0 atom stereocenters. The summed E-state index contributed by atoms with van der Waals surface area (Å²) >= 11 is 1.77. The molecule has 1 fully saturated rings. The SMILES string of the molecule is Cc1cc(C)cc(-n2nc(NC(=O)C3(O)CCSCC3)cc2C)c1. The first kappa shape index (κ1) is 17.0. The Morgan fingerprint density at radius 2 is 1.79 bits per heavy atom.